The van der Waals surface area contributed by atoms with Gasteiger partial charge < -0.3 is 15.5 Å². The molecule has 0 spiro atoms. The topological polar surface area (TPSA) is 70.1 Å². The van der Waals surface area contributed by atoms with Gasteiger partial charge in [-0.3, -0.25) is 4.79 Å². The molecule has 30 heavy (non-hydrogen) atoms. The van der Waals surface area contributed by atoms with Crippen molar-refractivity contribution in [2.45, 2.75) is 51.4 Å². The predicted octanol–water partition coefficient (Wildman–Crippen LogP) is 4.01. The molecule has 1 amide bonds. The lowest BCUT2D eigenvalue weighted by Crippen LogP contribution is -2.45. The first-order valence-corrected chi connectivity index (χ1v) is 9.97. The van der Waals surface area contributed by atoms with Gasteiger partial charge in [0.2, 0.25) is 11.9 Å². The normalized spacial score (nSPS) is 23.5. The van der Waals surface area contributed by atoms with E-state index in [1.54, 1.807) is 12.1 Å². The quantitative estimate of drug-likeness (QED) is 0.784. The standard InChI is InChI=1S/C21H24F3N5O/c1-11-17-18(29(3)12(2)19(30)27-17)28-20(25-11)26-16-9-14(10-16)8-13-4-6-15(7-5-13)21(22,23)24/h4-7,12,14,16H,8-10H2,1-3H3,(H,27,30)(H,25,26,28)/t12-,14?,16?/m0/s1. The number of nitrogens with one attached hydrogen (secondary N) is 2. The molecule has 0 saturated heterocycles. The monoisotopic (exact) mass is 419 g/mol. The first-order chi connectivity index (χ1) is 14.1. The molecule has 1 aliphatic heterocycles. The Hall–Kier alpha value is -2.84. The molecular formula is C21H24F3N5O. The van der Waals surface area contributed by atoms with Gasteiger partial charge in [0.05, 0.1) is 11.3 Å². The molecule has 6 nitrogen and oxygen atoms in total. The van der Waals surface area contributed by atoms with Crippen LogP contribution in [0.5, 0.6) is 0 Å². The average molecular weight is 419 g/mol. The number of anilines is 3. The van der Waals surface area contributed by atoms with Crippen LogP contribution < -0.4 is 15.5 Å². The lowest BCUT2D eigenvalue weighted by atomic mass is 9.76. The molecule has 1 saturated carbocycles. The van der Waals surface area contributed by atoms with Crippen molar-refractivity contribution in [1.82, 2.24) is 9.97 Å². The Morgan fingerprint density at radius 1 is 1.20 bits per heavy atom. The van der Waals surface area contributed by atoms with E-state index in [0.717, 1.165) is 37.0 Å². The van der Waals surface area contributed by atoms with E-state index in [4.69, 9.17) is 0 Å². The number of benzene rings is 1. The van der Waals surface area contributed by atoms with E-state index in [9.17, 15) is 18.0 Å². The van der Waals surface area contributed by atoms with Crippen LogP contribution in [0.15, 0.2) is 24.3 Å². The van der Waals surface area contributed by atoms with E-state index in [0.29, 0.717) is 29.1 Å². The molecule has 160 valence electrons. The molecule has 0 bridgehead atoms. The summed E-state index contributed by atoms with van der Waals surface area (Å²) < 4.78 is 38.0. The summed E-state index contributed by atoms with van der Waals surface area (Å²) in [6.45, 7) is 3.66. The van der Waals surface area contributed by atoms with Gasteiger partial charge in [-0.25, -0.2) is 4.98 Å². The number of fused-ring (bicyclic) bond motifs is 1. The van der Waals surface area contributed by atoms with E-state index >= 15 is 0 Å². The number of hydrogen-bond donors (Lipinski definition) is 2. The molecule has 2 aromatic rings. The van der Waals surface area contributed by atoms with Crippen molar-refractivity contribution in [1.29, 1.82) is 0 Å². The lowest BCUT2D eigenvalue weighted by molar-refractivity contribution is -0.137. The van der Waals surface area contributed by atoms with Gasteiger partial charge in [0.25, 0.3) is 0 Å². The summed E-state index contributed by atoms with van der Waals surface area (Å²) in [7, 11) is 1.84. The van der Waals surface area contributed by atoms with E-state index in [1.807, 2.05) is 25.8 Å². The van der Waals surface area contributed by atoms with Crippen molar-refractivity contribution < 1.29 is 18.0 Å². The minimum atomic E-state index is -4.30. The van der Waals surface area contributed by atoms with E-state index in [-0.39, 0.29) is 18.0 Å². The predicted molar refractivity (Wildman–Crippen MR) is 109 cm³/mol. The number of nitrogens with zero attached hydrogens (tertiary/aromatic N) is 3. The maximum absolute atomic E-state index is 12.7. The van der Waals surface area contributed by atoms with Crippen LogP contribution in [0.25, 0.3) is 0 Å². The second kappa shape index (κ2) is 7.45. The smallest absolute Gasteiger partial charge is 0.351 e. The molecule has 4 rings (SSSR count). The third kappa shape index (κ3) is 3.93. The Labute approximate surface area is 172 Å². The van der Waals surface area contributed by atoms with Crippen LogP contribution >= 0.6 is 0 Å². The first kappa shape index (κ1) is 20.4. The van der Waals surface area contributed by atoms with Gasteiger partial charge in [-0.15, -0.1) is 0 Å². The number of hydrogen-bond acceptors (Lipinski definition) is 5. The Bertz CT molecular complexity index is 954. The van der Waals surface area contributed by atoms with E-state index < -0.39 is 11.7 Å². The summed E-state index contributed by atoms with van der Waals surface area (Å²) in [4.78, 5) is 22.9. The second-order valence-electron chi connectivity index (χ2n) is 8.18. The van der Waals surface area contributed by atoms with Gasteiger partial charge >= 0.3 is 6.18 Å². The molecule has 1 fully saturated rings. The summed E-state index contributed by atoms with van der Waals surface area (Å²) in [5.74, 6) is 1.56. The van der Waals surface area contributed by atoms with Gasteiger partial charge in [0.15, 0.2) is 5.82 Å². The largest absolute Gasteiger partial charge is 0.416 e. The van der Waals surface area contributed by atoms with Gasteiger partial charge in [-0.05, 0) is 56.7 Å². The SMILES string of the molecule is Cc1nc(NC2CC(Cc3ccc(C(F)(F)F)cc3)C2)nc2c1NC(=O)[C@H](C)N2C. The minimum absolute atomic E-state index is 0.0810. The van der Waals surface area contributed by atoms with Gasteiger partial charge in [0.1, 0.15) is 11.7 Å². The van der Waals surface area contributed by atoms with Crippen LogP contribution in [0.1, 0.15) is 36.6 Å². The summed E-state index contributed by atoms with van der Waals surface area (Å²) >= 11 is 0. The van der Waals surface area contributed by atoms with Crippen molar-refractivity contribution in [2.75, 3.05) is 22.6 Å². The highest BCUT2D eigenvalue weighted by atomic mass is 19.4. The Balaban J connectivity index is 1.35. The molecule has 2 heterocycles. The van der Waals surface area contributed by atoms with Crippen LogP contribution in [0.4, 0.5) is 30.6 Å². The molecule has 2 N–H and O–H groups in total. The van der Waals surface area contributed by atoms with Gasteiger partial charge in [0, 0.05) is 13.1 Å². The third-order valence-electron chi connectivity index (χ3n) is 5.99. The molecule has 2 aliphatic rings. The summed E-state index contributed by atoms with van der Waals surface area (Å²) in [6, 6.07) is 5.32. The molecule has 1 aliphatic carbocycles. The van der Waals surface area contributed by atoms with Crippen molar-refractivity contribution in [3.63, 3.8) is 0 Å². The van der Waals surface area contributed by atoms with Crippen LogP contribution in [-0.2, 0) is 17.4 Å². The van der Waals surface area contributed by atoms with Crippen LogP contribution in [0.3, 0.4) is 0 Å². The molecule has 9 heteroatoms. The molecule has 0 unspecified atom stereocenters. The second-order valence-corrected chi connectivity index (χ2v) is 8.18. The third-order valence-corrected chi connectivity index (χ3v) is 5.99. The van der Waals surface area contributed by atoms with Crippen molar-refractivity contribution >= 4 is 23.4 Å². The number of rotatable bonds is 4. The number of carbonyl (C=O) groups excluding carboxylic acids is 1. The zero-order chi connectivity index (χ0) is 21.6. The number of alkyl halides is 3. The highest BCUT2D eigenvalue weighted by Gasteiger charge is 2.33. The highest BCUT2D eigenvalue weighted by Crippen LogP contribution is 2.36. The summed E-state index contributed by atoms with van der Waals surface area (Å²) in [6.07, 6.45) is -1.73. The average Bonchev–Trinajstić information content (AvgIpc) is 2.65. The van der Waals surface area contributed by atoms with E-state index in [2.05, 4.69) is 20.6 Å². The van der Waals surface area contributed by atoms with Gasteiger partial charge in [-0.2, -0.15) is 18.2 Å². The summed E-state index contributed by atoms with van der Waals surface area (Å²) in [5, 5.41) is 6.21. The lowest BCUT2D eigenvalue weighted by Gasteiger charge is -2.37. The van der Waals surface area contributed by atoms with Crippen LogP contribution in [0.2, 0.25) is 0 Å². The first-order valence-electron chi connectivity index (χ1n) is 9.97. The Kier molecular flexibility index (Phi) is 5.07. The number of aromatic nitrogens is 2. The molecule has 1 atom stereocenters. The molecule has 1 aromatic heterocycles. The molecular weight excluding hydrogens is 395 g/mol. The van der Waals surface area contributed by atoms with Gasteiger partial charge in [-0.1, -0.05) is 12.1 Å². The minimum Gasteiger partial charge on any atom is -0.351 e. The fraction of sp³-hybridized carbons (Fsp3) is 0.476. The maximum Gasteiger partial charge on any atom is 0.416 e. The Morgan fingerprint density at radius 2 is 1.87 bits per heavy atom. The molecule has 1 aromatic carbocycles. The number of likely N-dealkylation sites (N-methyl/N-ethyl adjacent to an activating group) is 1. The zero-order valence-electron chi connectivity index (χ0n) is 17.0. The Morgan fingerprint density at radius 3 is 2.50 bits per heavy atom. The number of halogens is 3. The van der Waals surface area contributed by atoms with Crippen LogP contribution in [-0.4, -0.2) is 35.0 Å². The van der Waals surface area contributed by atoms with Crippen molar-refractivity contribution in [3.8, 4) is 0 Å². The number of aryl methyl sites for hydroxylation is 1. The van der Waals surface area contributed by atoms with Crippen molar-refractivity contribution in [3.05, 3.63) is 41.1 Å². The van der Waals surface area contributed by atoms with Crippen molar-refractivity contribution in [2.24, 2.45) is 5.92 Å². The number of amides is 1. The summed E-state index contributed by atoms with van der Waals surface area (Å²) in [5.41, 5.74) is 1.64. The number of carbonyl (C=O) groups is 1. The fourth-order valence-corrected chi connectivity index (χ4v) is 3.98. The van der Waals surface area contributed by atoms with E-state index in [1.165, 1.54) is 0 Å². The highest BCUT2D eigenvalue weighted by molar-refractivity contribution is 6.03. The van der Waals surface area contributed by atoms with Crippen LogP contribution in [0, 0.1) is 12.8 Å². The molecule has 0 radical (unpaired) electrons. The maximum atomic E-state index is 12.7. The zero-order valence-corrected chi connectivity index (χ0v) is 17.0. The fourth-order valence-electron chi connectivity index (χ4n) is 3.98.